The summed E-state index contributed by atoms with van der Waals surface area (Å²) >= 11 is 0. The fraction of sp³-hybridized carbons (Fsp3) is 0.286. The van der Waals surface area contributed by atoms with E-state index in [-0.39, 0.29) is 5.91 Å². The monoisotopic (exact) mass is 305 g/mol. The number of amides is 1. The first-order valence-corrected chi connectivity index (χ1v) is 8.39. The van der Waals surface area contributed by atoms with E-state index in [1.54, 1.807) is 0 Å². The van der Waals surface area contributed by atoms with Crippen LogP contribution in [0.25, 0.3) is 11.6 Å². The second-order valence-corrected chi connectivity index (χ2v) is 6.18. The van der Waals surface area contributed by atoms with E-state index in [9.17, 15) is 4.79 Å². The van der Waals surface area contributed by atoms with Crippen LogP contribution in [-0.2, 0) is 4.79 Å². The van der Waals surface area contributed by atoms with E-state index in [1.807, 2.05) is 71.6 Å². The maximum atomic E-state index is 13.2. The van der Waals surface area contributed by atoms with Crippen molar-refractivity contribution in [1.29, 1.82) is 0 Å². The van der Waals surface area contributed by atoms with Crippen LogP contribution in [0, 0.1) is 0 Å². The molecule has 0 aliphatic carbocycles. The molecule has 2 heteroatoms. The lowest BCUT2D eigenvalue weighted by Gasteiger charge is -2.34. The minimum atomic E-state index is 0.146. The van der Waals surface area contributed by atoms with Gasteiger partial charge in [-0.15, -0.1) is 0 Å². The lowest BCUT2D eigenvalue weighted by molar-refractivity contribution is -0.128. The molecule has 1 aliphatic heterocycles. The van der Waals surface area contributed by atoms with Crippen LogP contribution in [0.15, 0.2) is 60.7 Å². The van der Waals surface area contributed by atoms with Gasteiger partial charge in [-0.2, -0.15) is 0 Å². The van der Waals surface area contributed by atoms with Crippen molar-refractivity contribution in [2.24, 2.45) is 0 Å². The predicted molar refractivity (Wildman–Crippen MR) is 95.8 cm³/mol. The molecule has 1 heterocycles. The van der Waals surface area contributed by atoms with Crippen molar-refractivity contribution in [3.8, 4) is 0 Å². The summed E-state index contributed by atoms with van der Waals surface area (Å²) in [5.74, 6) is 0.146. The first kappa shape index (κ1) is 15.5. The number of hydrogen-bond donors (Lipinski definition) is 0. The number of likely N-dealkylation sites (tertiary alicyclic amines) is 1. The minimum absolute atomic E-state index is 0.146. The highest BCUT2D eigenvalue weighted by Gasteiger charge is 2.26. The second kappa shape index (κ2) is 7.28. The maximum absolute atomic E-state index is 13.2. The Kier molecular flexibility index (Phi) is 4.92. The zero-order chi connectivity index (χ0) is 16.1. The third-order valence-electron chi connectivity index (χ3n) is 4.49. The maximum Gasteiger partial charge on any atom is 0.254 e. The lowest BCUT2D eigenvalue weighted by atomic mass is 9.98. The Morgan fingerprint density at radius 3 is 2.30 bits per heavy atom. The number of nitrogens with zero attached hydrogens (tertiary/aromatic N) is 1. The van der Waals surface area contributed by atoms with Crippen LogP contribution in [0.5, 0.6) is 0 Å². The van der Waals surface area contributed by atoms with Crippen LogP contribution in [0.3, 0.4) is 0 Å². The Labute approximate surface area is 138 Å². The van der Waals surface area contributed by atoms with Crippen LogP contribution in [-0.4, -0.2) is 23.4 Å². The van der Waals surface area contributed by atoms with Gasteiger partial charge in [-0.05, 0) is 43.4 Å². The number of carbonyl (C=O) groups excluding carboxylic acids is 1. The number of benzene rings is 2. The number of piperidine rings is 1. The van der Waals surface area contributed by atoms with Crippen molar-refractivity contribution in [2.45, 2.75) is 32.2 Å². The lowest BCUT2D eigenvalue weighted by Crippen LogP contribution is -2.42. The molecular weight excluding hydrogens is 282 g/mol. The van der Waals surface area contributed by atoms with E-state index in [2.05, 4.69) is 6.92 Å². The third-order valence-corrected chi connectivity index (χ3v) is 4.49. The van der Waals surface area contributed by atoms with E-state index >= 15 is 0 Å². The highest BCUT2D eigenvalue weighted by atomic mass is 16.2. The number of carbonyl (C=O) groups is 1. The van der Waals surface area contributed by atoms with Gasteiger partial charge in [-0.1, -0.05) is 60.7 Å². The first-order valence-electron chi connectivity index (χ1n) is 8.39. The van der Waals surface area contributed by atoms with Gasteiger partial charge in [0.05, 0.1) is 0 Å². The standard InChI is InChI=1S/C21H23NO/c1-17-10-8-9-15-22(17)21(23)20(19-13-6-3-7-14-19)16-18-11-4-2-5-12-18/h2-7,11-14,16-17H,8-10,15H2,1H3/b20-16-/t17-/m1/s1. The Balaban J connectivity index is 1.98. The fourth-order valence-corrected chi connectivity index (χ4v) is 3.16. The van der Waals surface area contributed by atoms with Gasteiger partial charge in [0.1, 0.15) is 0 Å². The summed E-state index contributed by atoms with van der Waals surface area (Å²) in [6.07, 6.45) is 5.43. The number of rotatable bonds is 3. The van der Waals surface area contributed by atoms with Gasteiger partial charge in [0.25, 0.3) is 5.91 Å². The van der Waals surface area contributed by atoms with E-state index in [0.717, 1.165) is 36.1 Å². The zero-order valence-electron chi connectivity index (χ0n) is 13.6. The molecule has 2 aromatic carbocycles. The molecule has 0 N–H and O–H groups in total. The molecule has 2 aromatic rings. The molecule has 0 radical (unpaired) electrons. The molecule has 1 atom stereocenters. The van der Waals surface area contributed by atoms with Crippen molar-refractivity contribution < 1.29 is 4.79 Å². The summed E-state index contributed by atoms with van der Waals surface area (Å²) < 4.78 is 0. The summed E-state index contributed by atoms with van der Waals surface area (Å²) in [5, 5.41) is 0. The van der Waals surface area contributed by atoms with Crippen molar-refractivity contribution >= 4 is 17.6 Å². The SMILES string of the molecule is C[C@@H]1CCCCN1C(=O)/C(=C\c1ccccc1)c1ccccc1. The van der Waals surface area contributed by atoms with Crippen molar-refractivity contribution in [3.63, 3.8) is 0 Å². The summed E-state index contributed by atoms with van der Waals surface area (Å²) in [6, 6.07) is 20.4. The Morgan fingerprint density at radius 1 is 1.00 bits per heavy atom. The molecule has 0 unspecified atom stereocenters. The molecule has 0 aromatic heterocycles. The van der Waals surface area contributed by atoms with Gasteiger partial charge in [-0.3, -0.25) is 4.79 Å². The van der Waals surface area contributed by atoms with Gasteiger partial charge in [0.15, 0.2) is 0 Å². The summed E-state index contributed by atoms with van der Waals surface area (Å²) in [5.41, 5.74) is 2.83. The quantitative estimate of drug-likeness (QED) is 0.598. The molecule has 1 aliphatic rings. The largest absolute Gasteiger partial charge is 0.336 e. The Morgan fingerprint density at radius 2 is 1.65 bits per heavy atom. The second-order valence-electron chi connectivity index (χ2n) is 6.18. The number of hydrogen-bond acceptors (Lipinski definition) is 1. The molecule has 1 amide bonds. The van der Waals surface area contributed by atoms with Gasteiger partial charge in [0, 0.05) is 18.2 Å². The van der Waals surface area contributed by atoms with Crippen LogP contribution < -0.4 is 0 Å². The van der Waals surface area contributed by atoms with E-state index < -0.39 is 0 Å². The van der Waals surface area contributed by atoms with Crippen molar-refractivity contribution in [1.82, 2.24) is 4.90 Å². The van der Waals surface area contributed by atoms with E-state index in [1.165, 1.54) is 6.42 Å². The van der Waals surface area contributed by atoms with Crippen LogP contribution >= 0.6 is 0 Å². The molecule has 0 saturated carbocycles. The molecule has 118 valence electrons. The van der Waals surface area contributed by atoms with E-state index in [0.29, 0.717) is 6.04 Å². The van der Waals surface area contributed by atoms with Crippen LogP contribution in [0.2, 0.25) is 0 Å². The third kappa shape index (κ3) is 3.70. The molecule has 2 nitrogen and oxygen atoms in total. The summed E-state index contributed by atoms with van der Waals surface area (Å²) in [6.45, 7) is 3.02. The molecule has 23 heavy (non-hydrogen) atoms. The van der Waals surface area contributed by atoms with Gasteiger partial charge in [-0.25, -0.2) is 0 Å². The molecular formula is C21H23NO. The average Bonchev–Trinajstić information content (AvgIpc) is 2.61. The average molecular weight is 305 g/mol. The van der Waals surface area contributed by atoms with Crippen LogP contribution in [0.4, 0.5) is 0 Å². The normalized spacial score (nSPS) is 18.7. The van der Waals surface area contributed by atoms with Gasteiger partial charge >= 0.3 is 0 Å². The summed E-state index contributed by atoms with van der Waals surface area (Å²) in [4.78, 5) is 15.2. The van der Waals surface area contributed by atoms with Gasteiger partial charge < -0.3 is 4.90 Å². The zero-order valence-corrected chi connectivity index (χ0v) is 13.6. The van der Waals surface area contributed by atoms with Gasteiger partial charge in [0.2, 0.25) is 0 Å². The fourth-order valence-electron chi connectivity index (χ4n) is 3.16. The predicted octanol–water partition coefficient (Wildman–Crippen LogP) is 4.63. The van der Waals surface area contributed by atoms with Crippen molar-refractivity contribution in [2.75, 3.05) is 6.54 Å². The molecule has 1 saturated heterocycles. The topological polar surface area (TPSA) is 20.3 Å². The Hall–Kier alpha value is -2.35. The first-order chi connectivity index (χ1) is 11.3. The van der Waals surface area contributed by atoms with Crippen LogP contribution in [0.1, 0.15) is 37.3 Å². The van der Waals surface area contributed by atoms with Crippen molar-refractivity contribution in [3.05, 3.63) is 71.8 Å². The van der Waals surface area contributed by atoms with E-state index in [4.69, 9.17) is 0 Å². The minimum Gasteiger partial charge on any atom is -0.336 e. The Bertz CT molecular complexity index is 676. The highest BCUT2D eigenvalue weighted by Crippen LogP contribution is 2.25. The highest BCUT2D eigenvalue weighted by molar-refractivity contribution is 6.24. The smallest absolute Gasteiger partial charge is 0.254 e. The molecule has 0 spiro atoms. The molecule has 3 rings (SSSR count). The molecule has 1 fully saturated rings. The molecule has 0 bridgehead atoms. The summed E-state index contributed by atoms with van der Waals surface area (Å²) in [7, 11) is 0.